The van der Waals surface area contributed by atoms with Crippen LogP contribution in [0.15, 0.2) is 47.4 Å². The maximum atomic E-state index is 12.9. The second kappa shape index (κ2) is 7.11. The number of anilines is 1. The first-order chi connectivity index (χ1) is 11.9. The number of nitrogens with zero attached hydrogens (tertiary/aromatic N) is 2. The van der Waals surface area contributed by atoms with Crippen molar-refractivity contribution in [2.45, 2.75) is 30.7 Å². The summed E-state index contributed by atoms with van der Waals surface area (Å²) in [7, 11) is -3.76. The SMILES string of the molecule is Cc1cccc(NC(=O)[C@@H]2CCCN2S(=O)(=O)c2ccc(Cl)cc2)n1. The fraction of sp³-hybridized carbons (Fsp3) is 0.294. The van der Waals surface area contributed by atoms with Crippen molar-refractivity contribution < 1.29 is 13.2 Å². The Morgan fingerprint density at radius 3 is 2.64 bits per heavy atom. The number of nitrogens with one attached hydrogen (secondary N) is 1. The van der Waals surface area contributed by atoms with Crippen LogP contribution < -0.4 is 5.32 Å². The summed E-state index contributed by atoms with van der Waals surface area (Å²) in [5, 5.41) is 3.17. The summed E-state index contributed by atoms with van der Waals surface area (Å²) in [6.07, 6.45) is 1.11. The van der Waals surface area contributed by atoms with Gasteiger partial charge in [-0.3, -0.25) is 4.79 Å². The minimum absolute atomic E-state index is 0.130. The fourth-order valence-electron chi connectivity index (χ4n) is 2.85. The lowest BCUT2D eigenvalue weighted by Gasteiger charge is -2.23. The number of benzene rings is 1. The van der Waals surface area contributed by atoms with Gasteiger partial charge < -0.3 is 5.32 Å². The van der Waals surface area contributed by atoms with E-state index in [0.29, 0.717) is 30.2 Å². The zero-order chi connectivity index (χ0) is 18.0. The van der Waals surface area contributed by atoms with Crippen molar-refractivity contribution in [1.82, 2.24) is 9.29 Å². The molecule has 6 nitrogen and oxygen atoms in total. The van der Waals surface area contributed by atoms with Gasteiger partial charge in [0, 0.05) is 17.3 Å². The molecular weight excluding hydrogens is 362 g/mol. The highest BCUT2D eigenvalue weighted by molar-refractivity contribution is 7.89. The van der Waals surface area contributed by atoms with Gasteiger partial charge in [0.2, 0.25) is 15.9 Å². The van der Waals surface area contributed by atoms with Crippen LogP contribution in [0, 0.1) is 6.92 Å². The number of carbonyl (C=O) groups excluding carboxylic acids is 1. The van der Waals surface area contributed by atoms with Crippen molar-refractivity contribution in [2.24, 2.45) is 0 Å². The van der Waals surface area contributed by atoms with Crippen molar-refractivity contribution in [3.05, 3.63) is 53.2 Å². The molecule has 2 heterocycles. The van der Waals surface area contributed by atoms with Crippen LogP contribution in [-0.4, -0.2) is 36.2 Å². The van der Waals surface area contributed by atoms with Crippen molar-refractivity contribution in [2.75, 3.05) is 11.9 Å². The van der Waals surface area contributed by atoms with Gasteiger partial charge in [0.15, 0.2) is 0 Å². The highest BCUT2D eigenvalue weighted by Gasteiger charge is 2.39. The normalized spacial score (nSPS) is 18.2. The summed E-state index contributed by atoms with van der Waals surface area (Å²) in [5.41, 5.74) is 0.773. The number of aromatic nitrogens is 1. The van der Waals surface area contributed by atoms with Crippen molar-refractivity contribution in [3.8, 4) is 0 Å². The van der Waals surface area contributed by atoms with Gasteiger partial charge in [-0.25, -0.2) is 13.4 Å². The van der Waals surface area contributed by atoms with Crippen LogP contribution in [0.4, 0.5) is 5.82 Å². The van der Waals surface area contributed by atoms with Gasteiger partial charge in [-0.2, -0.15) is 4.31 Å². The molecule has 0 saturated carbocycles. The number of rotatable bonds is 4. The summed E-state index contributed by atoms with van der Waals surface area (Å²) >= 11 is 5.82. The van der Waals surface area contributed by atoms with Crippen LogP contribution in [0.25, 0.3) is 0 Å². The summed E-state index contributed by atoms with van der Waals surface area (Å²) in [6, 6.07) is 10.5. The Morgan fingerprint density at radius 1 is 1.24 bits per heavy atom. The molecule has 0 unspecified atom stereocenters. The van der Waals surface area contributed by atoms with Crippen LogP contribution in [0.2, 0.25) is 5.02 Å². The predicted molar refractivity (Wildman–Crippen MR) is 96.0 cm³/mol. The molecule has 1 atom stereocenters. The summed E-state index contributed by atoms with van der Waals surface area (Å²) in [6.45, 7) is 2.13. The Bertz CT molecular complexity index is 884. The van der Waals surface area contributed by atoms with Gasteiger partial charge >= 0.3 is 0 Å². The average Bonchev–Trinajstić information content (AvgIpc) is 3.06. The molecule has 1 saturated heterocycles. The first kappa shape index (κ1) is 17.8. The van der Waals surface area contributed by atoms with E-state index in [4.69, 9.17) is 11.6 Å². The van der Waals surface area contributed by atoms with Crippen LogP contribution in [0.3, 0.4) is 0 Å². The minimum Gasteiger partial charge on any atom is -0.309 e. The maximum absolute atomic E-state index is 12.9. The molecule has 1 N–H and O–H groups in total. The molecule has 1 aliphatic rings. The molecule has 0 aliphatic carbocycles. The van der Waals surface area contributed by atoms with Crippen molar-refractivity contribution in [3.63, 3.8) is 0 Å². The molecule has 1 fully saturated rings. The smallest absolute Gasteiger partial charge is 0.243 e. The third-order valence-corrected chi connectivity index (χ3v) is 6.24. The number of hydrogen-bond donors (Lipinski definition) is 1. The highest BCUT2D eigenvalue weighted by atomic mass is 35.5. The second-order valence-electron chi connectivity index (χ2n) is 5.88. The van der Waals surface area contributed by atoms with E-state index in [0.717, 1.165) is 5.69 Å². The van der Waals surface area contributed by atoms with E-state index >= 15 is 0 Å². The summed E-state index contributed by atoms with van der Waals surface area (Å²) < 4.78 is 27.0. The molecule has 0 bridgehead atoms. The second-order valence-corrected chi connectivity index (χ2v) is 8.21. The lowest BCUT2D eigenvalue weighted by Crippen LogP contribution is -2.43. The van der Waals surface area contributed by atoms with Crippen molar-refractivity contribution in [1.29, 1.82) is 0 Å². The largest absolute Gasteiger partial charge is 0.309 e. The van der Waals surface area contributed by atoms with E-state index in [1.807, 2.05) is 13.0 Å². The molecular formula is C17H18ClN3O3S. The number of sulfonamides is 1. The van der Waals surface area contributed by atoms with Crippen LogP contribution in [0.1, 0.15) is 18.5 Å². The van der Waals surface area contributed by atoms with Gasteiger partial charge in [-0.1, -0.05) is 17.7 Å². The topological polar surface area (TPSA) is 79.4 Å². The molecule has 2 aromatic rings. The Kier molecular flexibility index (Phi) is 5.08. The predicted octanol–water partition coefficient (Wildman–Crippen LogP) is 2.84. The molecule has 1 aliphatic heterocycles. The number of aryl methyl sites for hydroxylation is 1. The Hall–Kier alpha value is -1.96. The number of carbonyl (C=O) groups is 1. The van der Waals surface area contributed by atoms with E-state index in [1.165, 1.54) is 28.6 Å². The van der Waals surface area contributed by atoms with Crippen LogP contribution in [0.5, 0.6) is 0 Å². The van der Waals surface area contributed by atoms with E-state index in [-0.39, 0.29) is 10.8 Å². The lowest BCUT2D eigenvalue weighted by atomic mass is 10.2. The first-order valence-corrected chi connectivity index (χ1v) is 9.72. The van der Waals surface area contributed by atoms with E-state index in [2.05, 4.69) is 10.3 Å². The molecule has 25 heavy (non-hydrogen) atoms. The van der Waals surface area contributed by atoms with Crippen molar-refractivity contribution >= 4 is 33.3 Å². The van der Waals surface area contributed by atoms with Gasteiger partial charge in [0.05, 0.1) is 4.90 Å². The number of amides is 1. The Labute approximate surface area is 151 Å². The van der Waals surface area contributed by atoms with Gasteiger partial charge in [-0.15, -0.1) is 0 Å². The molecule has 0 radical (unpaired) electrons. The third kappa shape index (κ3) is 3.84. The fourth-order valence-corrected chi connectivity index (χ4v) is 4.64. The lowest BCUT2D eigenvalue weighted by molar-refractivity contribution is -0.119. The number of halogens is 1. The minimum atomic E-state index is -3.76. The average molecular weight is 380 g/mol. The van der Waals surface area contributed by atoms with Crippen LogP contribution >= 0.6 is 11.6 Å². The monoisotopic (exact) mass is 379 g/mol. The van der Waals surface area contributed by atoms with Crippen LogP contribution in [-0.2, 0) is 14.8 Å². The van der Waals surface area contributed by atoms with E-state index in [1.54, 1.807) is 12.1 Å². The summed E-state index contributed by atoms with van der Waals surface area (Å²) in [4.78, 5) is 16.9. The molecule has 1 aromatic carbocycles. The quantitative estimate of drug-likeness (QED) is 0.885. The van der Waals surface area contributed by atoms with Gasteiger partial charge in [0.25, 0.3) is 0 Å². The maximum Gasteiger partial charge on any atom is 0.243 e. The Balaban J connectivity index is 1.82. The van der Waals surface area contributed by atoms with E-state index in [9.17, 15) is 13.2 Å². The number of hydrogen-bond acceptors (Lipinski definition) is 4. The number of pyridine rings is 1. The summed E-state index contributed by atoms with van der Waals surface area (Å²) in [5.74, 6) is 0.0499. The van der Waals surface area contributed by atoms with Gasteiger partial charge in [-0.05, 0) is 56.2 Å². The Morgan fingerprint density at radius 2 is 1.96 bits per heavy atom. The standard InChI is InChI=1S/C17H18ClN3O3S/c1-12-4-2-6-16(19-12)20-17(22)15-5-3-11-21(15)25(23,24)14-9-7-13(18)8-10-14/h2,4,6-10,15H,3,5,11H2,1H3,(H,19,20,22)/t15-/m0/s1. The van der Waals surface area contributed by atoms with E-state index < -0.39 is 16.1 Å². The molecule has 1 amide bonds. The zero-order valence-corrected chi connectivity index (χ0v) is 15.2. The molecule has 0 spiro atoms. The molecule has 8 heteroatoms. The van der Waals surface area contributed by atoms with Gasteiger partial charge in [0.1, 0.15) is 11.9 Å². The molecule has 3 rings (SSSR count). The zero-order valence-electron chi connectivity index (χ0n) is 13.6. The third-order valence-electron chi connectivity index (χ3n) is 4.07. The highest BCUT2D eigenvalue weighted by Crippen LogP contribution is 2.27. The molecule has 132 valence electrons. The molecule has 1 aromatic heterocycles. The first-order valence-electron chi connectivity index (χ1n) is 7.90.